The standard InChI is InChI=1S/C16H21NO4/c1-21-15(18)10-11-3-2-4-14(9-11)17-13-7-5-12(6-8-13)16(19)20/h2-4,9,12-13,17H,5-8,10H2,1H3,(H,19,20). The van der Waals surface area contributed by atoms with Gasteiger partial charge in [-0.2, -0.15) is 0 Å². The van der Waals surface area contributed by atoms with Gasteiger partial charge in [-0.15, -0.1) is 0 Å². The Morgan fingerprint density at radius 2 is 2.00 bits per heavy atom. The highest BCUT2D eigenvalue weighted by molar-refractivity contribution is 5.73. The lowest BCUT2D eigenvalue weighted by Gasteiger charge is -2.27. The maximum Gasteiger partial charge on any atom is 0.309 e. The SMILES string of the molecule is COC(=O)Cc1cccc(NC2CCC(C(=O)O)CC2)c1. The zero-order valence-electron chi connectivity index (χ0n) is 12.2. The van der Waals surface area contributed by atoms with Gasteiger partial charge in [0.25, 0.3) is 0 Å². The van der Waals surface area contributed by atoms with Crippen LogP contribution < -0.4 is 5.32 Å². The van der Waals surface area contributed by atoms with Gasteiger partial charge in [0.2, 0.25) is 0 Å². The zero-order valence-corrected chi connectivity index (χ0v) is 12.2. The molecule has 0 bridgehead atoms. The maximum atomic E-state index is 11.3. The third-order valence-corrected chi connectivity index (χ3v) is 3.95. The summed E-state index contributed by atoms with van der Waals surface area (Å²) in [6.45, 7) is 0. The molecule has 5 heteroatoms. The summed E-state index contributed by atoms with van der Waals surface area (Å²) < 4.78 is 4.66. The molecule has 2 rings (SSSR count). The average molecular weight is 291 g/mol. The van der Waals surface area contributed by atoms with Crippen LogP contribution in [0.1, 0.15) is 31.2 Å². The number of esters is 1. The van der Waals surface area contributed by atoms with E-state index in [0.29, 0.717) is 6.04 Å². The largest absolute Gasteiger partial charge is 0.481 e. The number of rotatable bonds is 5. The van der Waals surface area contributed by atoms with Crippen molar-refractivity contribution in [1.82, 2.24) is 0 Å². The molecule has 5 nitrogen and oxygen atoms in total. The molecule has 1 fully saturated rings. The Morgan fingerprint density at radius 3 is 2.62 bits per heavy atom. The number of aliphatic carboxylic acids is 1. The summed E-state index contributed by atoms with van der Waals surface area (Å²) in [6, 6.07) is 8.01. The Morgan fingerprint density at radius 1 is 1.29 bits per heavy atom. The first-order chi connectivity index (χ1) is 10.1. The first kappa shape index (κ1) is 15.4. The van der Waals surface area contributed by atoms with Gasteiger partial charge < -0.3 is 15.2 Å². The highest BCUT2D eigenvalue weighted by Gasteiger charge is 2.25. The average Bonchev–Trinajstić information content (AvgIpc) is 2.48. The third kappa shape index (κ3) is 4.48. The van der Waals surface area contributed by atoms with E-state index in [9.17, 15) is 9.59 Å². The van der Waals surface area contributed by atoms with Crippen LogP contribution in [0, 0.1) is 5.92 Å². The van der Waals surface area contributed by atoms with Gasteiger partial charge in [-0.05, 0) is 43.4 Å². The normalized spacial score (nSPS) is 21.6. The number of ether oxygens (including phenoxy) is 1. The molecule has 0 aromatic heterocycles. The monoisotopic (exact) mass is 291 g/mol. The van der Waals surface area contributed by atoms with E-state index in [1.54, 1.807) is 0 Å². The minimum Gasteiger partial charge on any atom is -0.481 e. The maximum absolute atomic E-state index is 11.3. The van der Waals surface area contributed by atoms with Gasteiger partial charge >= 0.3 is 11.9 Å². The van der Waals surface area contributed by atoms with Crippen molar-refractivity contribution >= 4 is 17.6 Å². The molecular formula is C16H21NO4. The first-order valence-corrected chi connectivity index (χ1v) is 7.23. The fourth-order valence-electron chi connectivity index (χ4n) is 2.73. The molecule has 0 heterocycles. The molecule has 0 saturated heterocycles. The topological polar surface area (TPSA) is 75.6 Å². The molecule has 1 saturated carbocycles. The molecule has 1 aliphatic carbocycles. The van der Waals surface area contributed by atoms with Crippen LogP contribution in [-0.2, 0) is 20.7 Å². The number of methoxy groups -OCH3 is 1. The number of nitrogens with one attached hydrogen (secondary N) is 1. The summed E-state index contributed by atoms with van der Waals surface area (Å²) in [5, 5.41) is 12.4. The molecule has 1 aromatic rings. The van der Waals surface area contributed by atoms with Gasteiger partial charge in [0.05, 0.1) is 19.4 Å². The molecule has 1 aliphatic rings. The number of carbonyl (C=O) groups excluding carboxylic acids is 1. The van der Waals surface area contributed by atoms with Crippen LogP contribution in [0.5, 0.6) is 0 Å². The molecule has 0 amide bonds. The molecule has 114 valence electrons. The Hall–Kier alpha value is -2.04. The van der Waals surface area contributed by atoms with E-state index in [-0.39, 0.29) is 18.3 Å². The van der Waals surface area contributed by atoms with Crippen LogP contribution in [0.2, 0.25) is 0 Å². The van der Waals surface area contributed by atoms with Gasteiger partial charge in [-0.3, -0.25) is 9.59 Å². The second kappa shape index (κ2) is 7.11. The fourth-order valence-corrected chi connectivity index (χ4v) is 2.73. The number of carboxylic acid groups (broad SMARTS) is 1. The van der Waals surface area contributed by atoms with Crippen molar-refractivity contribution in [3.8, 4) is 0 Å². The quantitative estimate of drug-likeness (QED) is 0.815. The van der Waals surface area contributed by atoms with Crippen LogP contribution in [0.4, 0.5) is 5.69 Å². The summed E-state index contributed by atoms with van der Waals surface area (Å²) in [5.41, 5.74) is 1.88. The number of hydrogen-bond donors (Lipinski definition) is 2. The van der Waals surface area contributed by atoms with E-state index in [1.807, 2.05) is 24.3 Å². The molecule has 1 aromatic carbocycles. The van der Waals surface area contributed by atoms with Crippen LogP contribution in [0.25, 0.3) is 0 Å². The smallest absolute Gasteiger partial charge is 0.309 e. The lowest BCUT2D eigenvalue weighted by Crippen LogP contribution is -2.29. The lowest BCUT2D eigenvalue weighted by molar-refractivity contribution is -0.143. The van der Waals surface area contributed by atoms with Gasteiger partial charge in [0.1, 0.15) is 0 Å². The summed E-state index contributed by atoms with van der Waals surface area (Å²) in [7, 11) is 1.38. The molecule has 21 heavy (non-hydrogen) atoms. The van der Waals surface area contributed by atoms with Crippen LogP contribution >= 0.6 is 0 Å². The highest BCUT2D eigenvalue weighted by atomic mass is 16.5. The number of anilines is 1. The summed E-state index contributed by atoms with van der Waals surface area (Å²) >= 11 is 0. The molecular weight excluding hydrogens is 270 g/mol. The molecule has 0 radical (unpaired) electrons. The van der Waals surface area contributed by atoms with Crippen molar-refractivity contribution in [3.63, 3.8) is 0 Å². The highest BCUT2D eigenvalue weighted by Crippen LogP contribution is 2.27. The Bertz CT molecular complexity index is 507. The van der Waals surface area contributed by atoms with Gasteiger partial charge in [-0.25, -0.2) is 0 Å². The molecule has 0 unspecified atom stereocenters. The van der Waals surface area contributed by atoms with Crippen molar-refractivity contribution in [2.75, 3.05) is 12.4 Å². The Balaban J connectivity index is 1.90. The molecule has 0 spiro atoms. The van der Waals surface area contributed by atoms with Crippen molar-refractivity contribution in [1.29, 1.82) is 0 Å². The van der Waals surface area contributed by atoms with Crippen molar-refractivity contribution < 1.29 is 19.4 Å². The van der Waals surface area contributed by atoms with E-state index < -0.39 is 5.97 Å². The van der Waals surface area contributed by atoms with Gasteiger partial charge in [0.15, 0.2) is 0 Å². The minimum absolute atomic E-state index is 0.200. The summed E-state index contributed by atoms with van der Waals surface area (Å²) in [4.78, 5) is 22.2. The van der Waals surface area contributed by atoms with Crippen molar-refractivity contribution in [2.24, 2.45) is 5.92 Å². The van der Waals surface area contributed by atoms with Gasteiger partial charge in [0, 0.05) is 11.7 Å². The predicted octanol–water partition coefficient (Wildman–Crippen LogP) is 2.46. The van der Waals surface area contributed by atoms with Crippen molar-refractivity contribution in [3.05, 3.63) is 29.8 Å². The van der Waals surface area contributed by atoms with Crippen molar-refractivity contribution in [2.45, 2.75) is 38.1 Å². The number of carboxylic acids is 1. The van der Waals surface area contributed by atoms with E-state index in [0.717, 1.165) is 36.9 Å². The second-order valence-electron chi connectivity index (χ2n) is 5.48. The third-order valence-electron chi connectivity index (χ3n) is 3.95. The Labute approximate surface area is 124 Å². The number of hydrogen-bond acceptors (Lipinski definition) is 4. The minimum atomic E-state index is -0.687. The predicted molar refractivity (Wildman–Crippen MR) is 79.2 cm³/mol. The van der Waals surface area contributed by atoms with E-state index in [2.05, 4.69) is 10.1 Å². The second-order valence-corrected chi connectivity index (χ2v) is 5.48. The van der Waals surface area contributed by atoms with E-state index >= 15 is 0 Å². The lowest BCUT2D eigenvalue weighted by atomic mass is 9.86. The van der Waals surface area contributed by atoms with Crippen LogP contribution in [0.15, 0.2) is 24.3 Å². The van der Waals surface area contributed by atoms with Crippen LogP contribution in [-0.4, -0.2) is 30.2 Å². The van der Waals surface area contributed by atoms with E-state index in [4.69, 9.17) is 5.11 Å². The zero-order chi connectivity index (χ0) is 15.2. The van der Waals surface area contributed by atoms with E-state index in [1.165, 1.54) is 7.11 Å². The summed E-state index contributed by atoms with van der Waals surface area (Å²) in [5.74, 6) is -1.14. The molecule has 2 N–H and O–H groups in total. The number of carbonyl (C=O) groups is 2. The number of benzene rings is 1. The molecule has 0 atom stereocenters. The van der Waals surface area contributed by atoms with Crippen LogP contribution in [0.3, 0.4) is 0 Å². The Kier molecular flexibility index (Phi) is 5.20. The fraction of sp³-hybridized carbons (Fsp3) is 0.500. The molecule has 0 aliphatic heterocycles. The summed E-state index contributed by atoms with van der Waals surface area (Å²) in [6.07, 6.45) is 3.41. The van der Waals surface area contributed by atoms with Gasteiger partial charge in [-0.1, -0.05) is 12.1 Å². The first-order valence-electron chi connectivity index (χ1n) is 7.23.